The van der Waals surface area contributed by atoms with Crippen LogP contribution in [0.1, 0.15) is 29.5 Å². The Labute approximate surface area is 128 Å². The highest BCUT2D eigenvalue weighted by atomic mass is 16.5. The van der Waals surface area contributed by atoms with Gasteiger partial charge in [0.05, 0.1) is 13.0 Å². The number of pyridine rings is 1. The number of aromatic nitrogens is 1. The van der Waals surface area contributed by atoms with E-state index >= 15 is 0 Å². The molecule has 1 aromatic carbocycles. The fraction of sp³-hybridized carbons (Fsp3) is 0.235. The Kier molecular flexibility index (Phi) is 5.25. The molecule has 22 heavy (non-hydrogen) atoms. The van der Waals surface area contributed by atoms with Gasteiger partial charge >= 0.3 is 11.9 Å². The number of carbonyl (C=O) groups excluding carboxylic acids is 1. The summed E-state index contributed by atoms with van der Waals surface area (Å²) in [5, 5.41) is 8.75. The third-order valence-electron chi connectivity index (χ3n) is 3.10. The normalized spacial score (nSPS) is 10.2. The smallest absolute Gasteiger partial charge is 0.357 e. The number of ether oxygens (including phenoxy) is 1. The molecular weight excluding hydrogens is 282 g/mol. The second-order valence-corrected chi connectivity index (χ2v) is 4.68. The minimum absolute atomic E-state index is 0.0278. The Morgan fingerprint density at radius 3 is 2.50 bits per heavy atom. The third-order valence-corrected chi connectivity index (χ3v) is 3.10. The monoisotopic (exact) mass is 299 g/mol. The highest BCUT2D eigenvalue weighted by Gasteiger charge is 2.17. The highest BCUT2D eigenvalue weighted by Crippen LogP contribution is 2.23. The molecule has 1 N–H and O–H groups in total. The number of aryl methyl sites for hydroxylation is 1. The van der Waals surface area contributed by atoms with E-state index in [1.54, 1.807) is 19.1 Å². The summed E-state index contributed by atoms with van der Waals surface area (Å²) in [6.07, 6.45) is 0.247. The average Bonchev–Trinajstić information content (AvgIpc) is 2.53. The van der Waals surface area contributed by atoms with E-state index < -0.39 is 11.9 Å². The van der Waals surface area contributed by atoms with Crippen molar-refractivity contribution in [2.75, 3.05) is 6.61 Å². The Balaban J connectivity index is 2.40. The van der Waals surface area contributed by atoms with Gasteiger partial charge in [-0.15, -0.1) is 0 Å². The Morgan fingerprint density at radius 1 is 1.14 bits per heavy atom. The van der Waals surface area contributed by atoms with Crippen LogP contribution in [0.2, 0.25) is 0 Å². The maximum Gasteiger partial charge on any atom is 0.357 e. The fourth-order valence-corrected chi connectivity index (χ4v) is 2.08. The van der Waals surface area contributed by atoms with Crippen molar-refractivity contribution in [3.63, 3.8) is 0 Å². The molecule has 0 unspecified atom stereocenters. The Morgan fingerprint density at radius 2 is 1.86 bits per heavy atom. The first-order chi connectivity index (χ1) is 10.6. The van der Waals surface area contributed by atoms with Gasteiger partial charge in [0.15, 0.2) is 5.69 Å². The van der Waals surface area contributed by atoms with Crippen LogP contribution in [0.5, 0.6) is 0 Å². The van der Waals surface area contributed by atoms with Gasteiger partial charge in [0.25, 0.3) is 0 Å². The lowest BCUT2D eigenvalue weighted by Gasteiger charge is -2.10. The summed E-state index contributed by atoms with van der Waals surface area (Å²) in [5.74, 6) is -1.40. The summed E-state index contributed by atoms with van der Waals surface area (Å²) in [7, 11) is 0. The van der Waals surface area contributed by atoms with Crippen LogP contribution in [0, 0.1) is 0 Å². The number of carboxylic acid groups (broad SMARTS) is 1. The van der Waals surface area contributed by atoms with E-state index in [0.717, 1.165) is 5.56 Å². The van der Waals surface area contributed by atoms with Crippen molar-refractivity contribution < 1.29 is 19.4 Å². The summed E-state index contributed by atoms with van der Waals surface area (Å²) in [5.41, 5.74) is 2.32. The molecule has 0 aliphatic rings. The van der Waals surface area contributed by atoms with Gasteiger partial charge < -0.3 is 9.84 Å². The number of hydrogen-bond acceptors (Lipinski definition) is 4. The molecule has 0 bridgehead atoms. The van der Waals surface area contributed by atoms with Crippen molar-refractivity contribution in [3.8, 4) is 11.1 Å². The number of aliphatic carboxylic acids is 1. The molecule has 0 radical (unpaired) electrons. The predicted molar refractivity (Wildman–Crippen MR) is 81.6 cm³/mol. The van der Waals surface area contributed by atoms with Crippen molar-refractivity contribution in [3.05, 3.63) is 53.9 Å². The van der Waals surface area contributed by atoms with E-state index in [9.17, 15) is 9.59 Å². The Bertz CT molecular complexity index is 668. The molecule has 114 valence electrons. The molecule has 1 aromatic heterocycles. The van der Waals surface area contributed by atoms with E-state index in [4.69, 9.17) is 9.84 Å². The topological polar surface area (TPSA) is 76.5 Å². The molecule has 0 fully saturated rings. The SMILES string of the molecule is CCOC(=O)c1nc(CCC(=O)O)ccc1-c1ccccc1. The largest absolute Gasteiger partial charge is 0.481 e. The molecule has 2 aromatic rings. The first kappa shape index (κ1) is 15.7. The number of esters is 1. The van der Waals surface area contributed by atoms with Crippen LogP contribution >= 0.6 is 0 Å². The maximum absolute atomic E-state index is 12.1. The average molecular weight is 299 g/mol. The van der Waals surface area contributed by atoms with Crippen molar-refractivity contribution >= 4 is 11.9 Å². The van der Waals surface area contributed by atoms with Crippen LogP contribution in [0.25, 0.3) is 11.1 Å². The van der Waals surface area contributed by atoms with E-state index in [1.165, 1.54) is 0 Å². The quantitative estimate of drug-likeness (QED) is 0.830. The summed E-state index contributed by atoms with van der Waals surface area (Å²) < 4.78 is 5.05. The Hall–Kier alpha value is -2.69. The van der Waals surface area contributed by atoms with Gasteiger partial charge in [-0.25, -0.2) is 9.78 Å². The van der Waals surface area contributed by atoms with Gasteiger partial charge in [0.2, 0.25) is 0 Å². The van der Waals surface area contributed by atoms with Gasteiger partial charge in [-0.3, -0.25) is 4.79 Å². The van der Waals surface area contributed by atoms with Gasteiger partial charge in [-0.05, 0) is 18.6 Å². The minimum atomic E-state index is -0.897. The van der Waals surface area contributed by atoms with E-state index in [1.807, 2.05) is 30.3 Å². The first-order valence-electron chi connectivity index (χ1n) is 7.06. The summed E-state index contributed by atoms with van der Waals surface area (Å²) in [4.78, 5) is 27.1. The molecule has 1 heterocycles. The molecule has 0 amide bonds. The lowest BCUT2D eigenvalue weighted by atomic mass is 10.0. The second kappa shape index (κ2) is 7.36. The first-order valence-corrected chi connectivity index (χ1v) is 7.06. The van der Waals surface area contributed by atoms with Crippen LogP contribution in [0.3, 0.4) is 0 Å². The molecule has 5 nitrogen and oxygen atoms in total. The zero-order valence-electron chi connectivity index (χ0n) is 12.3. The van der Waals surface area contributed by atoms with Crippen LogP contribution in [-0.4, -0.2) is 28.6 Å². The minimum Gasteiger partial charge on any atom is -0.481 e. The van der Waals surface area contributed by atoms with Crippen LogP contribution in [-0.2, 0) is 16.0 Å². The van der Waals surface area contributed by atoms with Crippen molar-refractivity contribution in [1.29, 1.82) is 0 Å². The number of carboxylic acids is 1. The summed E-state index contributed by atoms with van der Waals surface area (Å²) in [6.45, 7) is 1.99. The molecule has 0 saturated carbocycles. The highest BCUT2D eigenvalue weighted by molar-refractivity contribution is 5.95. The molecule has 0 aliphatic carbocycles. The zero-order chi connectivity index (χ0) is 15.9. The summed E-state index contributed by atoms with van der Waals surface area (Å²) in [6, 6.07) is 12.9. The molecule has 0 aliphatic heterocycles. The van der Waals surface area contributed by atoms with Crippen LogP contribution < -0.4 is 0 Å². The van der Waals surface area contributed by atoms with Crippen molar-refractivity contribution in [1.82, 2.24) is 4.98 Å². The number of hydrogen-bond donors (Lipinski definition) is 1. The number of rotatable bonds is 6. The van der Waals surface area contributed by atoms with Crippen molar-refractivity contribution in [2.24, 2.45) is 0 Å². The molecule has 0 atom stereocenters. The number of benzene rings is 1. The second-order valence-electron chi connectivity index (χ2n) is 4.68. The molecular formula is C17H17NO4. The molecule has 0 spiro atoms. The van der Waals surface area contributed by atoms with E-state index in [-0.39, 0.29) is 25.1 Å². The van der Waals surface area contributed by atoms with E-state index in [0.29, 0.717) is 11.3 Å². The standard InChI is InChI=1S/C17H17NO4/c1-2-22-17(21)16-14(12-6-4-3-5-7-12)10-8-13(18-16)9-11-15(19)20/h3-8,10H,2,9,11H2,1H3,(H,19,20). The van der Waals surface area contributed by atoms with E-state index in [2.05, 4.69) is 4.98 Å². The van der Waals surface area contributed by atoms with Gasteiger partial charge in [-0.1, -0.05) is 36.4 Å². The van der Waals surface area contributed by atoms with Gasteiger partial charge in [0, 0.05) is 17.7 Å². The maximum atomic E-state index is 12.1. The number of nitrogens with zero attached hydrogens (tertiary/aromatic N) is 1. The number of carbonyl (C=O) groups is 2. The lowest BCUT2D eigenvalue weighted by molar-refractivity contribution is -0.136. The molecule has 5 heteroatoms. The fourth-order valence-electron chi connectivity index (χ4n) is 2.08. The van der Waals surface area contributed by atoms with Crippen molar-refractivity contribution in [2.45, 2.75) is 19.8 Å². The van der Waals surface area contributed by atoms with Crippen LogP contribution in [0.15, 0.2) is 42.5 Å². The third kappa shape index (κ3) is 3.91. The zero-order valence-corrected chi connectivity index (χ0v) is 12.3. The van der Waals surface area contributed by atoms with Crippen LogP contribution in [0.4, 0.5) is 0 Å². The van der Waals surface area contributed by atoms with Gasteiger partial charge in [-0.2, -0.15) is 0 Å². The predicted octanol–water partition coefficient (Wildman–Crippen LogP) is 2.94. The van der Waals surface area contributed by atoms with Gasteiger partial charge in [0.1, 0.15) is 0 Å². The molecule has 2 rings (SSSR count). The molecule has 0 saturated heterocycles. The summed E-state index contributed by atoms with van der Waals surface area (Å²) >= 11 is 0. The lowest BCUT2D eigenvalue weighted by Crippen LogP contribution is -2.11.